The summed E-state index contributed by atoms with van der Waals surface area (Å²) in [6.07, 6.45) is 10.3. The Balaban J connectivity index is 1.71. The first-order valence-electron chi connectivity index (χ1n) is 9.10. The third-order valence-corrected chi connectivity index (χ3v) is 5.13. The fourth-order valence-corrected chi connectivity index (χ4v) is 3.76. The molecule has 1 atom stereocenters. The third kappa shape index (κ3) is 3.93. The Kier molecular flexibility index (Phi) is 5.33. The van der Waals surface area contributed by atoms with Crippen LogP contribution in [0.2, 0.25) is 0 Å². The molecule has 0 saturated heterocycles. The fourth-order valence-electron chi connectivity index (χ4n) is 3.76. The lowest BCUT2D eigenvalue weighted by Gasteiger charge is -2.25. The smallest absolute Gasteiger partial charge is 0.0118 e. The SMILES string of the molecule is C=CCCc1ccc2c(c1)CCC(c1ccc(CCC)cc1)C2. The molecule has 1 unspecified atom stereocenters. The Morgan fingerprint density at radius 3 is 2.52 bits per heavy atom. The number of benzene rings is 2. The van der Waals surface area contributed by atoms with E-state index in [4.69, 9.17) is 0 Å². The van der Waals surface area contributed by atoms with Crippen molar-refractivity contribution in [1.82, 2.24) is 0 Å². The number of hydrogen-bond donors (Lipinski definition) is 0. The molecular formula is C23H28. The van der Waals surface area contributed by atoms with Gasteiger partial charge in [-0.2, -0.15) is 0 Å². The van der Waals surface area contributed by atoms with E-state index in [1.54, 1.807) is 11.1 Å². The van der Waals surface area contributed by atoms with Crippen molar-refractivity contribution in [1.29, 1.82) is 0 Å². The van der Waals surface area contributed by atoms with E-state index < -0.39 is 0 Å². The van der Waals surface area contributed by atoms with Gasteiger partial charge in [0.1, 0.15) is 0 Å². The lowest BCUT2D eigenvalue weighted by molar-refractivity contribution is 0.584. The molecule has 0 aromatic heterocycles. The molecule has 0 radical (unpaired) electrons. The van der Waals surface area contributed by atoms with E-state index in [1.807, 2.05) is 6.08 Å². The first-order valence-corrected chi connectivity index (χ1v) is 9.10. The van der Waals surface area contributed by atoms with Crippen LogP contribution in [-0.4, -0.2) is 0 Å². The van der Waals surface area contributed by atoms with Gasteiger partial charge in [0.2, 0.25) is 0 Å². The zero-order valence-electron chi connectivity index (χ0n) is 14.4. The van der Waals surface area contributed by atoms with E-state index in [0.717, 1.165) is 12.8 Å². The Labute approximate surface area is 141 Å². The molecule has 0 saturated carbocycles. The van der Waals surface area contributed by atoms with Gasteiger partial charge in [-0.3, -0.25) is 0 Å². The quantitative estimate of drug-likeness (QED) is 0.571. The largest absolute Gasteiger partial charge is 0.103 e. The lowest BCUT2D eigenvalue weighted by atomic mass is 9.79. The monoisotopic (exact) mass is 304 g/mol. The number of aryl methyl sites for hydroxylation is 3. The van der Waals surface area contributed by atoms with Crippen molar-refractivity contribution in [3.05, 3.63) is 82.9 Å². The summed E-state index contributed by atoms with van der Waals surface area (Å²) >= 11 is 0. The van der Waals surface area contributed by atoms with Crippen LogP contribution in [-0.2, 0) is 25.7 Å². The standard InChI is InChI=1S/C23H28/c1-3-5-7-19-10-13-23-17-22(15-14-21(23)16-19)20-11-8-18(6-4-2)9-12-20/h3,8-13,16,22H,1,4-7,14-15,17H2,2H3. The van der Waals surface area contributed by atoms with Crippen LogP contribution in [0.3, 0.4) is 0 Å². The maximum absolute atomic E-state index is 3.82. The van der Waals surface area contributed by atoms with E-state index in [9.17, 15) is 0 Å². The fraction of sp³-hybridized carbons (Fsp3) is 0.391. The van der Waals surface area contributed by atoms with Gasteiger partial charge in [-0.05, 0) is 72.3 Å². The molecule has 120 valence electrons. The maximum atomic E-state index is 3.82. The molecule has 0 bridgehead atoms. The van der Waals surface area contributed by atoms with Gasteiger partial charge < -0.3 is 0 Å². The molecule has 2 aromatic rings. The van der Waals surface area contributed by atoms with Gasteiger partial charge in [0.25, 0.3) is 0 Å². The summed E-state index contributed by atoms with van der Waals surface area (Å²) < 4.78 is 0. The number of rotatable bonds is 6. The second-order valence-electron chi connectivity index (χ2n) is 6.86. The molecule has 0 heterocycles. The molecule has 0 fully saturated rings. The Bertz CT molecular complexity index is 648. The molecule has 1 aliphatic rings. The van der Waals surface area contributed by atoms with E-state index >= 15 is 0 Å². The summed E-state index contributed by atoms with van der Waals surface area (Å²) in [4.78, 5) is 0. The summed E-state index contributed by atoms with van der Waals surface area (Å²) in [5.41, 5.74) is 7.59. The van der Waals surface area contributed by atoms with E-state index in [-0.39, 0.29) is 0 Å². The van der Waals surface area contributed by atoms with Crippen LogP contribution in [0.25, 0.3) is 0 Å². The van der Waals surface area contributed by atoms with Gasteiger partial charge >= 0.3 is 0 Å². The van der Waals surface area contributed by atoms with E-state index in [0.29, 0.717) is 5.92 Å². The lowest BCUT2D eigenvalue weighted by Crippen LogP contribution is -2.13. The minimum absolute atomic E-state index is 0.692. The average molecular weight is 304 g/mol. The van der Waals surface area contributed by atoms with Gasteiger partial charge in [0, 0.05) is 0 Å². The van der Waals surface area contributed by atoms with Gasteiger partial charge in [-0.25, -0.2) is 0 Å². The number of allylic oxidation sites excluding steroid dienone is 1. The van der Waals surface area contributed by atoms with E-state index in [2.05, 4.69) is 56.0 Å². The highest BCUT2D eigenvalue weighted by atomic mass is 14.2. The molecular weight excluding hydrogens is 276 g/mol. The molecule has 0 spiro atoms. The normalized spacial score (nSPS) is 16.8. The van der Waals surface area contributed by atoms with Crippen molar-refractivity contribution >= 4 is 0 Å². The number of hydrogen-bond acceptors (Lipinski definition) is 0. The van der Waals surface area contributed by atoms with Crippen LogP contribution in [0, 0.1) is 0 Å². The number of fused-ring (bicyclic) bond motifs is 1. The Morgan fingerprint density at radius 2 is 1.78 bits per heavy atom. The summed E-state index contributed by atoms with van der Waals surface area (Å²) in [5, 5.41) is 0. The summed E-state index contributed by atoms with van der Waals surface area (Å²) in [6.45, 7) is 6.07. The molecule has 2 aromatic carbocycles. The topological polar surface area (TPSA) is 0 Å². The minimum atomic E-state index is 0.692. The molecule has 23 heavy (non-hydrogen) atoms. The summed E-state index contributed by atoms with van der Waals surface area (Å²) in [5.74, 6) is 0.692. The van der Waals surface area contributed by atoms with Crippen molar-refractivity contribution in [3.63, 3.8) is 0 Å². The Morgan fingerprint density at radius 1 is 1.00 bits per heavy atom. The van der Waals surface area contributed by atoms with Gasteiger partial charge in [0.15, 0.2) is 0 Å². The van der Waals surface area contributed by atoms with Crippen molar-refractivity contribution in [2.75, 3.05) is 0 Å². The van der Waals surface area contributed by atoms with Crippen LogP contribution in [0.15, 0.2) is 55.1 Å². The maximum Gasteiger partial charge on any atom is -0.0118 e. The van der Waals surface area contributed by atoms with Crippen molar-refractivity contribution in [2.45, 2.75) is 57.8 Å². The molecule has 0 heteroatoms. The van der Waals surface area contributed by atoms with E-state index in [1.165, 1.54) is 48.8 Å². The first kappa shape index (κ1) is 16.1. The second kappa shape index (κ2) is 7.64. The average Bonchev–Trinajstić information content (AvgIpc) is 2.60. The third-order valence-electron chi connectivity index (χ3n) is 5.13. The molecule has 0 N–H and O–H groups in total. The second-order valence-corrected chi connectivity index (χ2v) is 6.86. The van der Waals surface area contributed by atoms with Gasteiger partial charge in [-0.1, -0.05) is 61.9 Å². The molecule has 1 aliphatic carbocycles. The van der Waals surface area contributed by atoms with Crippen LogP contribution >= 0.6 is 0 Å². The highest BCUT2D eigenvalue weighted by molar-refractivity contribution is 5.37. The van der Waals surface area contributed by atoms with Crippen LogP contribution < -0.4 is 0 Å². The molecule has 0 nitrogen and oxygen atoms in total. The highest BCUT2D eigenvalue weighted by Gasteiger charge is 2.20. The molecule has 3 rings (SSSR count). The Hall–Kier alpha value is -1.82. The van der Waals surface area contributed by atoms with Crippen LogP contribution in [0.5, 0.6) is 0 Å². The minimum Gasteiger partial charge on any atom is -0.103 e. The molecule has 0 amide bonds. The first-order chi connectivity index (χ1) is 11.3. The summed E-state index contributed by atoms with van der Waals surface area (Å²) in [7, 11) is 0. The van der Waals surface area contributed by atoms with Crippen LogP contribution in [0.1, 0.15) is 59.9 Å². The summed E-state index contributed by atoms with van der Waals surface area (Å²) in [6, 6.07) is 16.5. The zero-order valence-corrected chi connectivity index (χ0v) is 14.4. The predicted molar refractivity (Wildman–Crippen MR) is 100 cm³/mol. The van der Waals surface area contributed by atoms with Crippen molar-refractivity contribution in [2.24, 2.45) is 0 Å². The van der Waals surface area contributed by atoms with Crippen molar-refractivity contribution < 1.29 is 0 Å². The van der Waals surface area contributed by atoms with Gasteiger partial charge in [0.05, 0.1) is 0 Å². The predicted octanol–water partition coefficient (Wildman–Crippen LogP) is 6.03. The van der Waals surface area contributed by atoms with Gasteiger partial charge in [-0.15, -0.1) is 6.58 Å². The zero-order chi connectivity index (χ0) is 16.1. The van der Waals surface area contributed by atoms with Crippen LogP contribution in [0.4, 0.5) is 0 Å². The van der Waals surface area contributed by atoms with Crippen molar-refractivity contribution in [3.8, 4) is 0 Å². The highest BCUT2D eigenvalue weighted by Crippen LogP contribution is 2.33. The molecule has 0 aliphatic heterocycles.